The molecule has 0 spiro atoms. The van der Waals surface area contributed by atoms with Crippen molar-refractivity contribution in [1.82, 2.24) is 4.90 Å². The van der Waals surface area contributed by atoms with Crippen molar-refractivity contribution in [2.45, 2.75) is 62.1 Å². The summed E-state index contributed by atoms with van der Waals surface area (Å²) < 4.78 is 32.4. The number of rotatable bonds is 5. The summed E-state index contributed by atoms with van der Waals surface area (Å²) in [5.41, 5.74) is 2.06. The molecule has 4 heterocycles. The molecule has 7 rings (SSSR count). The molecule has 7 nitrogen and oxygen atoms in total. The third-order valence-corrected chi connectivity index (χ3v) is 7.83. The van der Waals surface area contributed by atoms with Gasteiger partial charge in [-0.3, -0.25) is 9.69 Å². The van der Waals surface area contributed by atoms with Crippen LogP contribution >= 0.6 is 0 Å². The number of benzene rings is 3. The Morgan fingerprint density at radius 1 is 0.865 bits per heavy atom. The summed E-state index contributed by atoms with van der Waals surface area (Å²) in [5, 5.41) is 0. The van der Waals surface area contributed by atoms with Gasteiger partial charge < -0.3 is 23.7 Å². The van der Waals surface area contributed by atoms with E-state index in [9.17, 15) is 4.79 Å². The number of carbonyl (C=O) groups excluding carboxylic acids is 1. The third-order valence-electron chi connectivity index (χ3n) is 7.83. The van der Waals surface area contributed by atoms with E-state index in [1.54, 1.807) is 0 Å². The van der Waals surface area contributed by atoms with Crippen molar-refractivity contribution >= 4 is 5.91 Å². The van der Waals surface area contributed by atoms with E-state index in [2.05, 4.69) is 0 Å². The monoisotopic (exact) mass is 499 g/mol. The Morgan fingerprint density at radius 2 is 1.57 bits per heavy atom. The maximum absolute atomic E-state index is 13.4. The van der Waals surface area contributed by atoms with Crippen LogP contribution in [0.5, 0.6) is 0 Å². The molecule has 3 aromatic rings. The molecule has 1 unspecified atom stereocenters. The van der Waals surface area contributed by atoms with Crippen LogP contribution in [-0.4, -0.2) is 48.1 Å². The second-order valence-corrected chi connectivity index (χ2v) is 10.0. The maximum atomic E-state index is 13.4. The van der Waals surface area contributed by atoms with Crippen LogP contribution < -0.4 is 0 Å². The van der Waals surface area contributed by atoms with Gasteiger partial charge in [0, 0.05) is 24.0 Å². The van der Waals surface area contributed by atoms with Gasteiger partial charge in [-0.1, -0.05) is 91.0 Å². The van der Waals surface area contributed by atoms with E-state index in [1.165, 1.54) is 0 Å². The van der Waals surface area contributed by atoms with E-state index < -0.39 is 36.6 Å². The lowest BCUT2D eigenvalue weighted by Crippen LogP contribution is -2.64. The Labute approximate surface area is 215 Å². The topological polar surface area (TPSA) is 66.5 Å². The molecular weight excluding hydrogens is 470 g/mol. The van der Waals surface area contributed by atoms with E-state index in [0.29, 0.717) is 26.1 Å². The first kappa shape index (κ1) is 23.1. The Kier molecular flexibility index (Phi) is 5.83. The van der Waals surface area contributed by atoms with E-state index >= 15 is 0 Å². The van der Waals surface area contributed by atoms with E-state index in [4.69, 9.17) is 23.7 Å². The molecule has 0 aliphatic carbocycles. The van der Waals surface area contributed by atoms with Gasteiger partial charge in [0.2, 0.25) is 5.91 Å². The Balaban J connectivity index is 1.24. The average molecular weight is 500 g/mol. The summed E-state index contributed by atoms with van der Waals surface area (Å²) in [6, 6.07) is 29.4. The molecule has 0 bridgehead atoms. The summed E-state index contributed by atoms with van der Waals surface area (Å²) in [6.07, 6.45) is -1.46. The number of hydrogen-bond acceptors (Lipinski definition) is 6. The number of amides is 1. The molecule has 4 aliphatic rings. The lowest BCUT2D eigenvalue weighted by molar-refractivity contribution is -0.344. The minimum Gasteiger partial charge on any atom is -0.346 e. The SMILES string of the molecule is O=C1CC[C@@]2(c3ccccc3)O[C@@H]3[C@@H]4OC(c5ccccc5)OC[C@H]4O[C@@H](OCc4ccccc4)[C@@H]3N12. The molecule has 0 N–H and O–H groups in total. The summed E-state index contributed by atoms with van der Waals surface area (Å²) in [4.78, 5) is 15.3. The fourth-order valence-corrected chi connectivity index (χ4v) is 6.15. The molecule has 4 fully saturated rings. The predicted molar refractivity (Wildman–Crippen MR) is 133 cm³/mol. The van der Waals surface area contributed by atoms with Crippen molar-refractivity contribution in [3.05, 3.63) is 108 Å². The summed E-state index contributed by atoms with van der Waals surface area (Å²) in [6.45, 7) is 0.703. The summed E-state index contributed by atoms with van der Waals surface area (Å²) in [5.74, 6) is 0.0402. The fraction of sp³-hybridized carbons (Fsp3) is 0.367. The quantitative estimate of drug-likeness (QED) is 0.522. The van der Waals surface area contributed by atoms with Crippen molar-refractivity contribution in [3.8, 4) is 0 Å². The van der Waals surface area contributed by atoms with Gasteiger partial charge >= 0.3 is 0 Å². The lowest BCUT2D eigenvalue weighted by Gasteiger charge is -2.47. The van der Waals surface area contributed by atoms with Crippen molar-refractivity contribution in [2.75, 3.05) is 6.61 Å². The largest absolute Gasteiger partial charge is 0.346 e. The highest BCUT2D eigenvalue weighted by Crippen LogP contribution is 2.53. The second kappa shape index (κ2) is 9.35. The van der Waals surface area contributed by atoms with Gasteiger partial charge in [0.15, 0.2) is 18.3 Å². The van der Waals surface area contributed by atoms with Crippen LogP contribution in [0.25, 0.3) is 0 Å². The van der Waals surface area contributed by atoms with Crippen LogP contribution in [-0.2, 0) is 40.8 Å². The summed E-state index contributed by atoms with van der Waals surface area (Å²) >= 11 is 0. The second-order valence-electron chi connectivity index (χ2n) is 10.0. The molecule has 190 valence electrons. The maximum Gasteiger partial charge on any atom is 0.225 e. The minimum absolute atomic E-state index is 0.0402. The molecule has 0 aromatic heterocycles. The van der Waals surface area contributed by atoms with Gasteiger partial charge in [0.25, 0.3) is 0 Å². The molecule has 1 amide bonds. The molecule has 37 heavy (non-hydrogen) atoms. The first-order valence-corrected chi connectivity index (χ1v) is 12.9. The summed E-state index contributed by atoms with van der Waals surface area (Å²) in [7, 11) is 0. The van der Waals surface area contributed by atoms with E-state index in [0.717, 1.165) is 16.7 Å². The Morgan fingerprint density at radius 3 is 2.32 bits per heavy atom. The van der Waals surface area contributed by atoms with Crippen molar-refractivity contribution in [2.24, 2.45) is 0 Å². The number of fused-ring (bicyclic) bond motifs is 5. The van der Waals surface area contributed by atoms with Gasteiger partial charge in [-0.15, -0.1) is 0 Å². The Hall–Kier alpha value is -3.07. The predicted octanol–water partition coefficient (Wildman–Crippen LogP) is 4.29. The van der Waals surface area contributed by atoms with Gasteiger partial charge in [0.1, 0.15) is 24.4 Å². The molecule has 0 radical (unpaired) electrons. The number of ether oxygens (including phenoxy) is 5. The highest BCUT2D eigenvalue weighted by Gasteiger charge is 2.67. The zero-order chi connectivity index (χ0) is 24.8. The van der Waals surface area contributed by atoms with Crippen LogP contribution in [0.1, 0.15) is 35.8 Å². The van der Waals surface area contributed by atoms with Crippen molar-refractivity contribution < 1.29 is 28.5 Å². The molecule has 7 atom stereocenters. The van der Waals surface area contributed by atoms with Crippen LogP contribution in [0.4, 0.5) is 0 Å². The van der Waals surface area contributed by atoms with E-state index in [-0.39, 0.29) is 12.0 Å². The number of nitrogens with zero attached hydrogens (tertiary/aromatic N) is 1. The number of hydrogen-bond donors (Lipinski definition) is 0. The highest BCUT2D eigenvalue weighted by atomic mass is 16.8. The number of carbonyl (C=O) groups is 1. The van der Waals surface area contributed by atoms with Gasteiger partial charge in [-0.25, -0.2) is 0 Å². The average Bonchev–Trinajstić information content (AvgIpc) is 3.49. The molecule has 0 saturated carbocycles. The lowest BCUT2D eigenvalue weighted by atomic mass is 9.95. The fourth-order valence-electron chi connectivity index (χ4n) is 6.15. The smallest absolute Gasteiger partial charge is 0.225 e. The third kappa shape index (κ3) is 3.90. The molecule has 4 saturated heterocycles. The van der Waals surface area contributed by atoms with Gasteiger partial charge in [-0.05, 0) is 5.56 Å². The normalized spacial score (nSPS) is 34.6. The van der Waals surface area contributed by atoms with Crippen LogP contribution in [0, 0.1) is 0 Å². The molecule has 3 aromatic carbocycles. The van der Waals surface area contributed by atoms with Gasteiger partial charge in [-0.2, -0.15) is 0 Å². The molecule has 7 heteroatoms. The van der Waals surface area contributed by atoms with E-state index in [1.807, 2.05) is 95.9 Å². The zero-order valence-electron chi connectivity index (χ0n) is 20.3. The van der Waals surface area contributed by atoms with Crippen LogP contribution in [0.2, 0.25) is 0 Å². The van der Waals surface area contributed by atoms with Crippen LogP contribution in [0.3, 0.4) is 0 Å². The standard InChI is InChI=1S/C30H29NO6/c32-24-16-17-30(22-14-8-3-9-15-22)31(24)25-27(37-30)26-23(19-34-28(36-26)21-12-6-2-7-13-21)35-29(25)33-18-20-10-4-1-5-11-20/h1-15,23,25-29H,16-19H2/t23-,25-,26-,27+,28?,29-,30+/m1/s1. The van der Waals surface area contributed by atoms with Gasteiger partial charge in [0.05, 0.1) is 13.2 Å². The first-order valence-electron chi connectivity index (χ1n) is 12.9. The van der Waals surface area contributed by atoms with Crippen molar-refractivity contribution in [1.29, 1.82) is 0 Å². The molecule has 4 aliphatic heterocycles. The molecular formula is C30H29NO6. The highest BCUT2D eigenvalue weighted by molar-refractivity contribution is 5.81. The van der Waals surface area contributed by atoms with Crippen molar-refractivity contribution in [3.63, 3.8) is 0 Å². The minimum atomic E-state index is -0.871. The Bertz CT molecular complexity index is 1240. The zero-order valence-corrected chi connectivity index (χ0v) is 20.3. The first-order chi connectivity index (χ1) is 18.2. The van der Waals surface area contributed by atoms with Crippen LogP contribution in [0.15, 0.2) is 91.0 Å².